The Hall–Kier alpha value is -2.45. The highest BCUT2D eigenvalue weighted by molar-refractivity contribution is 7.79. The number of benzene rings is 1. The topological polar surface area (TPSA) is 44.2 Å². The van der Waals surface area contributed by atoms with E-state index in [1.54, 1.807) is 0 Å². The molecule has 0 saturated heterocycles. The van der Waals surface area contributed by atoms with Crippen molar-refractivity contribution in [2.45, 2.75) is 13.8 Å². The Kier molecular flexibility index (Phi) is 5.97. The molecule has 0 bridgehead atoms. The largest absolute Gasteiger partial charge is 0.478 e. The average molecular weight is 352 g/mol. The normalized spacial score (nSPS) is 10.7. The third-order valence-electron chi connectivity index (χ3n) is 3.47. The predicted molar refractivity (Wildman–Crippen MR) is 103 cm³/mol. The fourth-order valence-corrected chi connectivity index (χ4v) is 4.57. The maximum absolute atomic E-state index is 5.58. The summed E-state index contributed by atoms with van der Waals surface area (Å²) in [4.78, 5) is 9.43. The summed E-state index contributed by atoms with van der Waals surface area (Å²) in [5.41, 5.74) is 1.93. The second-order valence-electron chi connectivity index (χ2n) is 5.21. The minimum Gasteiger partial charge on any atom is -0.478 e. The highest BCUT2D eigenvalue weighted by Crippen LogP contribution is 2.32. The minimum absolute atomic E-state index is 0.595. The molecule has 4 nitrogen and oxygen atoms in total. The fourth-order valence-electron chi connectivity index (χ4n) is 2.47. The van der Waals surface area contributed by atoms with Crippen molar-refractivity contribution in [3.63, 3.8) is 0 Å². The molecule has 0 unspecified atom stereocenters. The van der Waals surface area contributed by atoms with Crippen molar-refractivity contribution in [1.29, 1.82) is 0 Å². The molecule has 2 heterocycles. The highest BCUT2D eigenvalue weighted by atomic mass is 31.1. The minimum atomic E-state index is -0.882. The molecule has 2 aromatic heterocycles. The number of hydrogen-bond acceptors (Lipinski definition) is 4. The van der Waals surface area contributed by atoms with Gasteiger partial charge in [-0.2, -0.15) is 0 Å². The molecule has 0 aliphatic rings. The average Bonchev–Trinajstić information content (AvgIpc) is 2.64. The fraction of sp³-hybridized carbons (Fsp3) is 0.200. The maximum Gasteiger partial charge on any atom is 0.213 e. The van der Waals surface area contributed by atoms with Crippen LogP contribution in [0.4, 0.5) is 0 Å². The smallest absolute Gasteiger partial charge is 0.213 e. The summed E-state index contributed by atoms with van der Waals surface area (Å²) in [5.74, 6) is 1.29. The summed E-state index contributed by atoms with van der Waals surface area (Å²) in [7, 11) is -0.882. The molecule has 5 heteroatoms. The van der Waals surface area contributed by atoms with Crippen LogP contribution in [0.3, 0.4) is 0 Å². The molecule has 0 fully saturated rings. The van der Waals surface area contributed by atoms with Crippen LogP contribution in [-0.2, 0) is 0 Å². The van der Waals surface area contributed by atoms with Crippen molar-refractivity contribution in [1.82, 2.24) is 9.97 Å². The van der Waals surface area contributed by atoms with Crippen molar-refractivity contribution in [3.05, 3.63) is 66.7 Å². The lowest BCUT2D eigenvalue weighted by Crippen LogP contribution is -2.25. The Morgan fingerprint density at radius 2 is 1.20 bits per heavy atom. The molecular weight excluding hydrogens is 331 g/mol. The van der Waals surface area contributed by atoms with Gasteiger partial charge in [-0.3, -0.25) is 0 Å². The molecule has 0 saturated carbocycles. The van der Waals surface area contributed by atoms with Gasteiger partial charge >= 0.3 is 0 Å². The number of rotatable bonds is 7. The van der Waals surface area contributed by atoms with Crippen molar-refractivity contribution < 1.29 is 9.47 Å². The van der Waals surface area contributed by atoms with E-state index in [0.29, 0.717) is 25.0 Å². The SMILES string of the molecule is CCOc1cccc(P(c2ccccc2)c2cccc(OCC)n2)n1. The number of ether oxygens (including phenoxy) is 2. The van der Waals surface area contributed by atoms with E-state index in [0.717, 1.165) is 10.9 Å². The molecule has 3 aromatic rings. The Labute approximate surface area is 149 Å². The molecule has 128 valence electrons. The van der Waals surface area contributed by atoms with Gasteiger partial charge in [0.2, 0.25) is 11.8 Å². The third kappa shape index (κ3) is 4.34. The summed E-state index contributed by atoms with van der Waals surface area (Å²) in [5, 5.41) is 1.19. The molecule has 1 aromatic carbocycles. The van der Waals surface area contributed by atoms with Gasteiger partial charge in [0, 0.05) is 20.1 Å². The van der Waals surface area contributed by atoms with Gasteiger partial charge in [-0.1, -0.05) is 42.5 Å². The molecule has 0 N–H and O–H groups in total. The van der Waals surface area contributed by atoms with Crippen LogP contribution in [-0.4, -0.2) is 23.2 Å². The number of nitrogens with zero attached hydrogens (tertiary/aromatic N) is 2. The van der Waals surface area contributed by atoms with E-state index in [9.17, 15) is 0 Å². The van der Waals surface area contributed by atoms with Gasteiger partial charge in [0.25, 0.3) is 0 Å². The third-order valence-corrected chi connectivity index (χ3v) is 5.70. The highest BCUT2D eigenvalue weighted by Gasteiger charge is 2.20. The van der Waals surface area contributed by atoms with Crippen LogP contribution in [0.5, 0.6) is 11.8 Å². The Morgan fingerprint density at radius 3 is 1.68 bits per heavy atom. The molecule has 25 heavy (non-hydrogen) atoms. The van der Waals surface area contributed by atoms with Gasteiger partial charge in [-0.15, -0.1) is 0 Å². The summed E-state index contributed by atoms with van der Waals surface area (Å²) in [6.07, 6.45) is 0. The maximum atomic E-state index is 5.58. The van der Waals surface area contributed by atoms with Gasteiger partial charge < -0.3 is 9.47 Å². The molecule has 0 aliphatic carbocycles. The lowest BCUT2D eigenvalue weighted by Gasteiger charge is -2.18. The Morgan fingerprint density at radius 1 is 0.680 bits per heavy atom. The van der Waals surface area contributed by atoms with Gasteiger partial charge in [0.15, 0.2) is 0 Å². The van der Waals surface area contributed by atoms with E-state index >= 15 is 0 Å². The van der Waals surface area contributed by atoms with Crippen LogP contribution in [0.25, 0.3) is 0 Å². The molecule has 3 rings (SSSR count). The first kappa shape index (κ1) is 17.4. The van der Waals surface area contributed by atoms with E-state index in [-0.39, 0.29) is 0 Å². The number of pyridine rings is 2. The van der Waals surface area contributed by atoms with Gasteiger partial charge in [0.1, 0.15) is 0 Å². The van der Waals surface area contributed by atoms with Crippen molar-refractivity contribution in [2.24, 2.45) is 0 Å². The number of hydrogen-bond donors (Lipinski definition) is 0. The zero-order valence-corrected chi connectivity index (χ0v) is 15.3. The summed E-state index contributed by atoms with van der Waals surface area (Å²) < 4.78 is 11.2. The van der Waals surface area contributed by atoms with E-state index in [2.05, 4.69) is 12.1 Å². The zero-order valence-electron chi connectivity index (χ0n) is 14.4. The molecule has 0 atom stereocenters. The van der Waals surface area contributed by atoms with Gasteiger partial charge in [-0.05, 0) is 31.3 Å². The lowest BCUT2D eigenvalue weighted by molar-refractivity contribution is 0.327. The van der Waals surface area contributed by atoms with Crippen LogP contribution >= 0.6 is 7.92 Å². The summed E-state index contributed by atoms with van der Waals surface area (Å²) in [6, 6.07) is 22.2. The van der Waals surface area contributed by atoms with Crippen molar-refractivity contribution >= 4 is 24.1 Å². The second-order valence-corrected chi connectivity index (χ2v) is 7.31. The molecule has 0 spiro atoms. The van der Waals surface area contributed by atoms with Crippen LogP contribution in [0.1, 0.15) is 13.8 Å². The predicted octanol–water partition coefficient (Wildman–Crippen LogP) is 3.03. The second kappa shape index (κ2) is 8.59. The summed E-state index contributed by atoms with van der Waals surface area (Å²) in [6.45, 7) is 5.11. The monoisotopic (exact) mass is 352 g/mol. The zero-order chi connectivity index (χ0) is 17.5. The van der Waals surface area contributed by atoms with E-state index in [1.165, 1.54) is 5.30 Å². The van der Waals surface area contributed by atoms with Crippen molar-refractivity contribution in [3.8, 4) is 11.8 Å². The molecule has 0 radical (unpaired) electrons. The van der Waals surface area contributed by atoms with Crippen LogP contribution in [0, 0.1) is 0 Å². The van der Waals surface area contributed by atoms with E-state index in [4.69, 9.17) is 19.4 Å². The van der Waals surface area contributed by atoms with Gasteiger partial charge in [0.05, 0.1) is 24.1 Å². The van der Waals surface area contributed by atoms with Crippen LogP contribution < -0.4 is 25.6 Å². The molecule has 0 amide bonds. The first-order chi connectivity index (χ1) is 12.3. The first-order valence-electron chi connectivity index (χ1n) is 8.36. The van der Waals surface area contributed by atoms with Crippen LogP contribution in [0.15, 0.2) is 66.7 Å². The standard InChI is InChI=1S/C20H21N2O2P/c1-3-23-17-12-8-14-19(21-17)25(16-10-6-5-7-11-16)20-15-9-13-18(22-20)24-4-2/h5-15H,3-4H2,1-2H3. The summed E-state index contributed by atoms with van der Waals surface area (Å²) >= 11 is 0. The van der Waals surface area contributed by atoms with E-state index in [1.807, 2.05) is 68.4 Å². The quantitative estimate of drug-likeness (QED) is 0.613. The first-order valence-corrected chi connectivity index (χ1v) is 9.71. The van der Waals surface area contributed by atoms with Crippen LogP contribution in [0.2, 0.25) is 0 Å². The lowest BCUT2D eigenvalue weighted by atomic mass is 10.4. The molecular formula is C20H21N2O2P. The van der Waals surface area contributed by atoms with Crippen molar-refractivity contribution in [2.75, 3.05) is 13.2 Å². The Bertz CT molecular complexity index is 762. The molecule has 0 aliphatic heterocycles. The number of aromatic nitrogens is 2. The van der Waals surface area contributed by atoms with Gasteiger partial charge in [-0.25, -0.2) is 9.97 Å². The van der Waals surface area contributed by atoms with E-state index < -0.39 is 7.92 Å². The Balaban J connectivity index is 2.07.